The summed E-state index contributed by atoms with van der Waals surface area (Å²) in [5, 5.41) is 10.3. The quantitative estimate of drug-likeness (QED) is 0.507. The Morgan fingerprint density at radius 2 is 1.88 bits per heavy atom. The first-order valence-corrected chi connectivity index (χ1v) is 11.1. The van der Waals surface area contributed by atoms with Gasteiger partial charge in [-0.3, -0.25) is 9.59 Å². The van der Waals surface area contributed by atoms with E-state index in [0.717, 1.165) is 36.9 Å². The molecule has 0 saturated heterocycles. The first kappa shape index (κ1) is 22.9. The minimum atomic E-state index is -0.359. The third-order valence-electron chi connectivity index (χ3n) is 5.53. The molecule has 2 N–H and O–H groups in total. The van der Waals surface area contributed by atoms with E-state index in [2.05, 4.69) is 15.7 Å². The minimum Gasteiger partial charge on any atom is -0.383 e. The number of nitrogens with zero attached hydrogens (tertiary/aromatic N) is 2. The van der Waals surface area contributed by atoms with E-state index in [1.807, 2.05) is 0 Å². The fourth-order valence-corrected chi connectivity index (χ4v) is 4.17. The molecule has 2 amide bonds. The number of ether oxygens (including phenoxy) is 1. The minimum absolute atomic E-state index is 0.224. The Hall–Kier alpha value is -3.23. The van der Waals surface area contributed by atoms with Crippen molar-refractivity contribution in [3.63, 3.8) is 0 Å². The number of carbonyl (C=O) groups excluding carboxylic acids is 2. The van der Waals surface area contributed by atoms with Gasteiger partial charge in [-0.15, -0.1) is 0 Å². The molecule has 0 atom stereocenters. The Labute approximate surface area is 195 Å². The lowest BCUT2D eigenvalue weighted by molar-refractivity contribution is 0.0936. The molecule has 0 aliphatic heterocycles. The van der Waals surface area contributed by atoms with Gasteiger partial charge in [0, 0.05) is 30.6 Å². The van der Waals surface area contributed by atoms with Crippen molar-refractivity contribution in [3.05, 3.63) is 75.8 Å². The zero-order chi connectivity index (χ0) is 23.4. The van der Waals surface area contributed by atoms with Gasteiger partial charge in [0.25, 0.3) is 11.8 Å². The molecular weight excluding hydrogens is 447 g/mol. The maximum Gasteiger partial charge on any atom is 0.276 e. The molecule has 2 aromatic carbocycles. The van der Waals surface area contributed by atoms with Crippen LogP contribution in [0.5, 0.6) is 0 Å². The Bertz CT molecular complexity index is 1180. The average molecular weight is 471 g/mol. The summed E-state index contributed by atoms with van der Waals surface area (Å²) in [5.41, 5.74) is 3.69. The van der Waals surface area contributed by atoms with Crippen LogP contribution in [0.1, 0.15) is 44.9 Å². The number of anilines is 1. The average Bonchev–Trinajstić information content (AvgIpc) is 3.20. The molecule has 172 valence electrons. The van der Waals surface area contributed by atoms with Crippen molar-refractivity contribution in [1.82, 2.24) is 15.1 Å². The topological polar surface area (TPSA) is 85.2 Å². The first-order chi connectivity index (χ1) is 16.0. The number of methoxy groups -OCH3 is 1. The maximum absolute atomic E-state index is 13.4. The van der Waals surface area contributed by atoms with Crippen LogP contribution in [-0.2, 0) is 17.6 Å². The van der Waals surface area contributed by atoms with Crippen molar-refractivity contribution in [2.45, 2.75) is 25.7 Å². The lowest BCUT2D eigenvalue weighted by atomic mass is 9.95. The summed E-state index contributed by atoms with van der Waals surface area (Å²) < 4.78 is 20.0. The van der Waals surface area contributed by atoms with Crippen LogP contribution in [0.4, 0.5) is 10.1 Å². The van der Waals surface area contributed by atoms with Gasteiger partial charge >= 0.3 is 0 Å². The van der Waals surface area contributed by atoms with Crippen molar-refractivity contribution in [3.8, 4) is 5.69 Å². The number of amides is 2. The molecule has 7 nitrogen and oxygen atoms in total. The van der Waals surface area contributed by atoms with Crippen molar-refractivity contribution >= 4 is 29.1 Å². The fourth-order valence-electron chi connectivity index (χ4n) is 3.91. The molecule has 33 heavy (non-hydrogen) atoms. The number of aromatic nitrogens is 2. The predicted octanol–water partition coefficient (Wildman–Crippen LogP) is 4.17. The van der Waals surface area contributed by atoms with Gasteiger partial charge in [-0.2, -0.15) is 5.10 Å². The molecule has 1 aromatic heterocycles. The lowest BCUT2D eigenvalue weighted by Gasteiger charge is -2.14. The van der Waals surface area contributed by atoms with E-state index in [4.69, 9.17) is 16.3 Å². The van der Waals surface area contributed by atoms with Crippen LogP contribution in [-0.4, -0.2) is 41.9 Å². The number of hydrogen-bond acceptors (Lipinski definition) is 4. The second kappa shape index (κ2) is 10.1. The van der Waals surface area contributed by atoms with Gasteiger partial charge in [-0.05, 0) is 68.1 Å². The molecule has 0 bridgehead atoms. The summed E-state index contributed by atoms with van der Waals surface area (Å²) in [6.07, 6.45) is 3.53. The van der Waals surface area contributed by atoms with Crippen molar-refractivity contribution in [1.29, 1.82) is 0 Å². The van der Waals surface area contributed by atoms with Crippen molar-refractivity contribution in [2.75, 3.05) is 25.6 Å². The van der Waals surface area contributed by atoms with Crippen LogP contribution in [0.15, 0.2) is 42.5 Å². The van der Waals surface area contributed by atoms with E-state index in [0.29, 0.717) is 35.8 Å². The van der Waals surface area contributed by atoms with Gasteiger partial charge in [0.15, 0.2) is 5.69 Å². The van der Waals surface area contributed by atoms with Gasteiger partial charge in [-0.1, -0.05) is 11.6 Å². The van der Waals surface area contributed by atoms with E-state index in [9.17, 15) is 14.0 Å². The summed E-state index contributed by atoms with van der Waals surface area (Å²) in [7, 11) is 1.55. The Morgan fingerprint density at radius 1 is 1.12 bits per heavy atom. The van der Waals surface area contributed by atoms with Crippen LogP contribution < -0.4 is 10.6 Å². The molecule has 0 saturated carbocycles. The highest BCUT2D eigenvalue weighted by atomic mass is 35.5. The monoisotopic (exact) mass is 470 g/mol. The molecule has 1 aliphatic rings. The van der Waals surface area contributed by atoms with E-state index in [-0.39, 0.29) is 22.7 Å². The van der Waals surface area contributed by atoms with Gasteiger partial charge in [0.1, 0.15) is 5.82 Å². The Kier molecular flexibility index (Phi) is 7.05. The van der Waals surface area contributed by atoms with Crippen LogP contribution in [0, 0.1) is 5.82 Å². The SMILES string of the molecule is COCCNC(=O)c1ccc(NC(=O)c2nn(-c3ccc(F)cc3)c3c2CCCC3)cc1Cl. The smallest absolute Gasteiger partial charge is 0.276 e. The maximum atomic E-state index is 13.4. The number of benzene rings is 2. The van der Waals surface area contributed by atoms with Gasteiger partial charge in [0.05, 0.1) is 22.9 Å². The largest absolute Gasteiger partial charge is 0.383 e. The molecule has 3 aromatic rings. The standard InChI is InChI=1S/C24H24ClFN4O3/c1-33-13-12-27-23(31)18-11-8-16(14-20(18)25)28-24(32)22-19-4-2-3-5-21(19)30(29-22)17-9-6-15(26)7-10-17/h6-11,14H,2-5,12-13H2,1H3,(H,27,31)(H,28,32). The summed E-state index contributed by atoms with van der Waals surface area (Å²) >= 11 is 6.29. The molecule has 0 unspecified atom stereocenters. The van der Waals surface area contributed by atoms with Gasteiger partial charge in [-0.25, -0.2) is 9.07 Å². The summed E-state index contributed by atoms with van der Waals surface area (Å²) in [5.74, 6) is -1.00. The van der Waals surface area contributed by atoms with Crippen LogP contribution >= 0.6 is 11.6 Å². The Morgan fingerprint density at radius 3 is 2.61 bits per heavy atom. The molecule has 1 aliphatic carbocycles. The fraction of sp³-hybridized carbons (Fsp3) is 0.292. The third-order valence-corrected chi connectivity index (χ3v) is 5.84. The number of carbonyl (C=O) groups is 2. The lowest BCUT2D eigenvalue weighted by Crippen LogP contribution is -2.27. The zero-order valence-corrected chi connectivity index (χ0v) is 18.9. The summed E-state index contributed by atoms with van der Waals surface area (Å²) in [6, 6.07) is 10.8. The van der Waals surface area contributed by atoms with Crippen LogP contribution in [0.25, 0.3) is 5.69 Å². The Balaban J connectivity index is 1.56. The second-order valence-corrected chi connectivity index (χ2v) is 8.17. The molecule has 1 heterocycles. The first-order valence-electron chi connectivity index (χ1n) is 10.7. The summed E-state index contributed by atoms with van der Waals surface area (Å²) in [4.78, 5) is 25.3. The molecule has 0 spiro atoms. The molecular formula is C24H24ClFN4O3. The normalized spacial score (nSPS) is 12.8. The van der Waals surface area contributed by atoms with E-state index < -0.39 is 0 Å². The number of halogens is 2. The highest BCUT2D eigenvalue weighted by Gasteiger charge is 2.26. The predicted molar refractivity (Wildman–Crippen MR) is 124 cm³/mol. The van der Waals surface area contributed by atoms with Crippen molar-refractivity contribution in [2.24, 2.45) is 0 Å². The molecule has 4 rings (SSSR count). The number of rotatable bonds is 7. The highest BCUT2D eigenvalue weighted by molar-refractivity contribution is 6.34. The van der Waals surface area contributed by atoms with Gasteiger partial charge < -0.3 is 15.4 Å². The van der Waals surface area contributed by atoms with Crippen molar-refractivity contribution < 1.29 is 18.7 Å². The molecule has 9 heteroatoms. The van der Waals surface area contributed by atoms with E-state index in [1.165, 1.54) is 18.2 Å². The van der Waals surface area contributed by atoms with Gasteiger partial charge in [0.2, 0.25) is 0 Å². The van der Waals surface area contributed by atoms with E-state index in [1.54, 1.807) is 36.1 Å². The number of nitrogens with one attached hydrogen (secondary N) is 2. The second-order valence-electron chi connectivity index (χ2n) is 7.77. The number of hydrogen-bond donors (Lipinski definition) is 2. The van der Waals surface area contributed by atoms with Crippen LogP contribution in [0.2, 0.25) is 5.02 Å². The molecule has 0 radical (unpaired) electrons. The number of fused-ring (bicyclic) bond motifs is 1. The third kappa shape index (κ3) is 5.07. The highest BCUT2D eigenvalue weighted by Crippen LogP contribution is 2.28. The zero-order valence-electron chi connectivity index (χ0n) is 18.2. The summed E-state index contributed by atoms with van der Waals surface area (Å²) in [6.45, 7) is 0.762. The van der Waals surface area contributed by atoms with E-state index >= 15 is 0 Å². The molecule has 0 fully saturated rings. The van der Waals surface area contributed by atoms with Crippen LogP contribution in [0.3, 0.4) is 0 Å².